The van der Waals surface area contributed by atoms with E-state index in [-0.39, 0.29) is 11.9 Å². The summed E-state index contributed by atoms with van der Waals surface area (Å²) in [6.07, 6.45) is 5.00. The molecule has 3 heterocycles. The lowest BCUT2D eigenvalue weighted by Gasteiger charge is -2.23. The molecule has 7 nitrogen and oxygen atoms in total. The summed E-state index contributed by atoms with van der Waals surface area (Å²) in [6.45, 7) is 3.86. The Morgan fingerprint density at radius 3 is 2.50 bits per heavy atom. The van der Waals surface area contributed by atoms with Crippen molar-refractivity contribution >= 4 is 28.9 Å². The molecule has 1 saturated heterocycles. The molecule has 0 aliphatic carbocycles. The van der Waals surface area contributed by atoms with E-state index in [0.29, 0.717) is 11.5 Å². The van der Waals surface area contributed by atoms with Crippen molar-refractivity contribution < 1.29 is 4.79 Å². The summed E-state index contributed by atoms with van der Waals surface area (Å²) in [7, 11) is 0. The van der Waals surface area contributed by atoms with Crippen LogP contribution in [0.25, 0.3) is 10.6 Å². The average Bonchev–Trinajstić information content (AvgIpc) is 3.16. The van der Waals surface area contributed by atoms with Gasteiger partial charge in [-0.15, -0.1) is 11.3 Å². The summed E-state index contributed by atoms with van der Waals surface area (Å²) < 4.78 is 0. The third kappa shape index (κ3) is 4.52. The van der Waals surface area contributed by atoms with Crippen LogP contribution in [0, 0.1) is 6.92 Å². The van der Waals surface area contributed by atoms with Gasteiger partial charge in [0.25, 0.3) is 5.91 Å². The standard InChI is InChI=1S/C20H22N6OS/c1-13-12-28-19(24-13)14-2-4-16(5-3-14)26-20-22-10-15(11-23-20)18(27)25-17-6-8-21-9-7-17/h2-5,10-12,17,21H,6-9H2,1H3,(H,25,27)(H,22,23,26). The number of hydrogen-bond acceptors (Lipinski definition) is 7. The van der Waals surface area contributed by atoms with E-state index in [1.807, 2.05) is 36.6 Å². The highest BCUT2D eigenvalue weighted by atomic mass is 32.1. The van der Waals surface area contributed by atoms with Crippen LogP contribution in [0.5, 0.6) is 0 Å². The third-order valence-electron chi connectivity index (χ3n) is 4.60. The van der Waals surface area contributed by atoms with E-state index in [0.717, 1.165) is 47.9 Å². The number of benzene rings is 1. The van der Waals surface area contributed by atoms with Gasteiger partial charge in [-0.2, -0.15) is 0 Å². The summed E-state index contributed by atoms with van der Waals surface area (Å²) >= 11 is 1.63. The van der Waals surface area contributed by atoms with Gasteiger partial charge < -0.3 is 16.0 Å². The molecule has 0 radical (unpaired) electrons. The van der Waals surface area contributed by atoms with Crippen LogP contribution in [0.1, 0.15) is 28.9 Å². The number of anilines is 2. The lowest BCUT2D eigenvalue weighted by molar-refractivity contribution is 0.0929. The number of carbonyl (C=O) groups is 1. The Morgan fingerprint density at radius 1 is 1.14 bits per heavy atom. The normalized spacial score (nSPS) is 14.6. The number of amides is 1. The Labute approximate surface area is 167 Å². The molecule has 1 aromatic carbocycles. The molecule has 1 fully saturated rings. The van der Waals surface area contributed by atoms with E-state index in [1.54, 1.807) is 23.7 Å². The fourth-order valence-electron chi connectivity index (χ4n) is 3.06. The van der Waals surface area contributed by atoms with Gasteiger partial charge in [0.2, 0.25) is 5.95 Å². The first-order valence-corrected chi connectivity index (χ1v) is 10.2. The van der Waals surface area contributed by atoms with Crippen LogP contribution in [0.15, 0.2) is 42.0 Å². The van der Waals surface area contributed by atoms with Gasteiger partial charge >= 0.3 is 0 Å². The number of rotatable bonds is 5. The summed E-state index contributed by atoms with van der Waals surface area (Å²) in [5, 5.41) is 12.5. The topological polar surface area (TPSA) is 91.8 Å². The summed E-state index contributed by atoms with van der Waals surface area (Å²) in [5.74, 6) is 0.331. The highest BCUT2D eigenvalue weighted by Crippen LogP contribution is 2.25. The minimum atomic E-state index is -0.124. The number of aryl methyl sites for hydroxylation is 1. The van der Waals surface area contributed by atoms with Gasteiger partial charge in [0, 0.05) is 40.8 Å². The lowest BCUT2D eigenvalue weighted by atomic mass is 10.1. The molecular weight excluding hydrogens is 372 g/mol. The molecule has 4 rings (SSSR count). The molecule has 0 spiro atoms. The van der Waals surface area contributed by atoms with Crippen molar-refractivity contribution in [2.24, 2.45) is 0 Å². The van der Waals surface area contributed by atoms with Gasteiger partial charge in [-0.05, 0) is 57.1 Å². The number of aromatic nitrogens is 3. The maximum Gasteiger partial charge on any atom is 0.254 e. The van der Waals surface area contributed by atoms with Crippen LogP contribution in [-0.4, -0.2) is 40.0 Å². The molecule has 1 aliphatic heterocycles. The molecule has 0 atom stereocenters. The van der Waals surface area contributed by atoms with Gasteiger partial charge in [0.1, 0.15) is 5.01 Å². The largest absolute Gasteiger partial charge is 0.349 e. The van der Waals surface area contributed by atoms with E-state index in [4.69, 9.17) is 0 Å². The predicted octanol–water partition coefficient (Wildman–Crippen LogP) is 3.13. The molecule has 3 N–H and O–H groups in total. The second kappa shape index (κ2) is 8.45. The maximum atomic E-state index is 12.3. The molecule has 0 saturated carbocycles. The molecule has 8 heteroatoms. The van der Waals surface area contributed by atoms with Gasteiger partial charge in [0.05, 0.1) is 5.56 Å². The molecule has 1 amide bonds. The molecule has 144 valence electrons. The van der Waals surface area contributed by atoms with Crippen LogP contribution >= 0.6 is 11.3 Å². The molecular formula is C20H22N6OS. The number of thiazole rings is 1. The van der Waals surface area contributed by atoms with Gasteiger partial charge in [0.15, 0.2) is 0 Å². The summed E-state index contributed by atoms with van der Waals surface area (Å²) in [5.41, 5.74) is 3.46. The molecule has 3 aromatic rings. The fourth-order valence-corrected chi connectivity index (χ4v) is 3.86. The molecule has 2 aromatic heterocycles. The number of carbonyl (C=O) groups excluding carboxylic acids is 1. The minimum absolute atomic E-state index is 0.124. The second-order valence-corrected chi connectivity index (χ2v) is 7.65. The second-order valence-electron chi connectivity index (χ2n) is 6.79. The monoisotopic (exact) mass is 394 g/mol. The van der Waals surface area contributed by atoms with Crippen molar-refractivity contribution in [3.8, 4) is 10.6 Å². The molecule has 0 unspecified atom stereocenters. The predicted molar refractivity (Wildman–Crippen MR) is 111 cm³/mol. The SMILES string of the molecule is Cc1csc(-c2ccc(Nc3ncc(C(=O)NC4CCNCC4)cn3)cc2)n1. The number of nitrogens with zero attached hydrogens (tertiary/aromatic N) is 3. The van der Waals surface area contributed by atoms with Crippen LogP contribution in [0.4, 0.5) is 11.6 Å². The highest BCUT2D eigenvalue weighted by molar-refractivity contribution is 7.13. The Hall–Kier alpha value is -2.84. The molecule has 28 heavy (non-hydrogen) atoms. The Kier molecular flexibility index (Phi) is 5.59. The summed E-state index contributed by atoms with van der Waals surface area (Å²) in [4.78, 5) is 25.3. The maximum absolute atomic E-state index is 12.3. The lowest BCUT2D eigenvalue weighted by Crippen LogP contribution is -2.42. The Bertz CT molecular complexity index is 932. The van der Waals surface area contributed by atoms with E-state index < -0.39 is 0 Å². The number of piperidine rings is 1. The van der Waals surface area contributed by atoms with Crippen LogP contribution in [0.2, 0.25) is 0 Å². The van der Waals surface area contributed by atoms with Crippen molar-refractivity contribution in [3.05, 3.63) is 53.3 Å². The van der Waals surface area contributed by atoms with Gasteiger partial charge in [-0.3, -0.25) is 4.79 Å². The molecule has 0 bridgehead atoms. The first-order valence-electron chi connectivity index (χ1n) is 9.30. The Morgan fingerprint density at radius 2 is 1.86 bits per heavy atom. The zero-order valence-corrected chi connectivity index (χ0v) is 16.4. The van der Waals surface area contributed by atoms with Crippen molar-refractivity contribution in [1.29, 1.82) is 0 Å². The van der Waals surface area contributed by atoms with Crippen molar-refractivity contribution in [1.82, 2.24) is 25.6 Å². The fraction of sp³-hybridized carbons (Fsp3) is 0.300. The minimum Gasteiger partial charge on any atom is -0.349 e. The highest BCUT2D eigenvalue weighted by Gasteiger charge is 2.16. The van der Waals surface area contributed by atoms with E-state index in [9.17, 15) is 4.79 Å². The van der Waals surface area contributed by atoms with E-state index in [1.165, 1.54) is 0 Å². The van der Waals surface area contributed by atoms with Gasteiger partial charge in [-0.25, -0.2) is 15.0 Å². The van der Waals surface area contributed by atoms with Crippen LogP contribution in [-0.2, 0) is 0 Å². The average molecular weight is 395 g/mol. The van der Waals surface area contributed by atoms with Crippen molar-refractivity contribution in [2.45, 2.75) is 25.8 Å². The first kappa shape index (κ1) is 18.5. The van der Waals surface area contributed by atoms with Crippen molar-refractivity contribution in [3.63, 3.8) is 0 Å². The zero-order valence-electron chi connectivity index (χ0n) is 15.6. The third-order valence-corrected chi connectivity index (χ3v) is 5.60. The summed E-state index contributed by atoms with van der Waals surface area (Å²) in [6, 6.07) is 8.18. The molecule has 1 aliphatic rings. The smallest absolute Gasteiger partial charge is 0.254 e. The van der Waals surface area contributed by atoms with Crippen molar-refractivity contribution in [2.75, 3.05) is 18.4 Å². The number of nitrogens with one attached hydrogen (secondary N) is 3. The first-order chi connectivity index (χ1) is 13.7. The van der Waals surface area contributed by atoms with Crippen LogP contribution in [0.3, 0.4) is 0 Å². The Balaban J connectivity index is 1.36. The van der Waals surface area contributed by atoms with E-state index >= 15 is 0 Å². The zero-order chi connectivity index (χ0) is 19.3. The van der Waals surface area contributed by atoms with Crippen LogP contribution < -0.4 is 16.0 Å². The number of hydrogen-bond donors (Lipinski definition) is 3. The van der Waals surface area contributed by atoms with Gasteiger partial charge in [-0.1, -0.05) is 0 Å². The van der Waals surface area contributed by atoms with E-state index in [2.05, 4.69) is 30.9 Å². The quantitative estimate of drug-likeness (QED) is 0.616.